The first-order valence-corrected chi connectivity index (χ1v) is 9.74. The first-order valence-electron chi connectivity index (χ1n) is 9.74. The second-order valence-corrected chi connectivity index (χ2v) is 7.63. The minimum absolute atomic E-state index is 0.178. The Morgan fingerprint density at radius 3 is 2.14 bits per heavy atom. The zero-order chi connectivity index (χ0) is 19.8. The summed E-state index contributed by atoms with van der Waals surface area (Å²) in [6.07, 6.45) is 6.67. The van der Waals surface area contributed by atoms with Crippen molar-refractivity contribution in [3.63, 3.8) is 0 Å². The van der Waals surface area contributed by atoms with Crippen LogP contribution in [0.3, 0.4) is 0 Å². The first kappa shape index (κ1) is 17.6. The van der Waals surface area contributed by atoms with Crippen LogP contribution in [-0.4, -0.2) is 20.1 Å². The molecule has 29 heavy (non-hydrogen) atoms. The number of anilines is 1. The first-order chi connectivity index (χ1) is 14.1. The van der Waals surface area contributed by atoms with Gasteiger partial charge < -0.3 is 10.3 Å². The molecule has 1 fully saturated rings. The Morgan fingerprint density at radius 2 is 1.52 bits per heavy atom. The summed E-state index contributed by atoms with van der Waals surface area (Å²) in [7, 11) is 0. The molecule has 5 rings (SSSR count). The van der Waals surface area contributed by atoms with Crippen LogP contribution in [0.15, 0.2) is 65.4 Å². The highest BCUT2D eigenvalue weighted by atomic mass is 16.5. The molecule has 0 bridgehead atoms. The maximum Gasteiger partial charge on any atom is 0.257 e. The molecule has 1 saturated carbocycles. The molecule has 0 aliphatic heterocycles. The summed E-state index contributed by atoms with van der Waals surface area (Å²) < 4.78 is 5.61. The van der Waals surface area contributed by atoms with Crippen LogP contribution in [0.2, 0.25) is 0 Å². The third-order valence-corrected chi connectivity index (χ3v) is 5.80. The summed E-state index contributed by atoms with van der Waals surface area (Å²) in [6.45, 7) is 2.06. The van der Waals surface area contributed by atoms with E-state index in [0.29, 0.717) is 5.89 Å². The zero-order valence-corrected chi connectivity index (χ0v) is 16.2. The van der Waals surface area contributed by atoms with Crippen molar-refractivity contribution < 1.29 is 4.52 Å². The van der Waals surface area contributed by atoms with Gasteiger partial charge in [-0.2, -0.15) is 4.98 Å². The van der Waals surface area contributed by atoms with Gasteiger partial charge in [-0.05, 0) is 43.0 Å². The SMILES string of the molecule is Cc1ccc(-c2nc(C3(c4ccc(-c5cnc(N)nc5)cc4)CCC3)no2)cc1. The summed E-state index contributed by atoms with van der Waals surface area (Å²) >= 11 is 0. The molecule has 0 unspecified atom stereocenters. The van der Waals surface area contributed by atoms with Gasteiger partial charge in [-0.25, -0.2) is 9.97 Å². The standard InChI is InChI=1S/C23H21N5O/c1-15-3-5-17(6-4-15)20-27-21(28-29-20)23(11-2-12-23)19-9-7-16(8-10-19)18-13-25-22(24)26-14-18/h3-10,13-14H,2,11-12H2,1H3,(H2,24,25,26). The molecule has 1 aliphatic rings. The maximum atomic E-state index is 5.61. The second-order valence-electron chi connectivity index (χ2n) is 7.63. The molecule has 2 N–H and O–H groups in total. The number of hydrogen-bond acceptors (Lipinski definition) is 6. The van der Waals surface area contributed by atoms with Gasteiger partial charge in [-0.3, -0.25) is 0 Å². The predicted molar refractivity (Wildman–Crippen MR) is 111 cm³/mol. The van der Waals surface area contributed by atoms with Gasteiger partial charge in [0.05, 0.1) is 5.41 Å². The normalized spacial score (nSPS) is 15.1. The quantitative estimate of drug-likeness (QED) is 0.556. The molecule has 4 aromatic rings. The minimum atomic E-state index is -0.178. The lowest BCUT2D eigenvalue weighted by Gasteiger charge is -2.39. The van der Waals surface area contributed by atoms with Crippen molar-refractivity contribution >= 4 is 5.95 Å². The smallest absolute Gasteiger partial charge is 0.257 e. The summed E-state index contributed by atoms with van der Waals surface area (Å²) in [6, 6.07) is 16.6. The molecule has 2 heterocycles. The summed E-state index contributed by atoms with van der Waals surface area (Å²) in [4.78, 5) is 12.9. The zero-order valence-electron chi connectivity index (χ0n) is 16.2. The molecule has 1 aliphatic carbocycles. The average molecular weight is 383 g/mol. The summed E-state index contributed by atoms with van der Waals surface area (Å²) in [5, 5.41) is 4.36. The predicted octanol–water partition coefficient (Wildman–Crippen LogP) is 4.55. The van der Waals surface area contributed by atoms with E-state index in [1.54, 1.807) is 12.4 Å². The van der Waals surface area contributed by atoms with Crippen molar-refractivity contribution in [3.8, 4) is 22.6 Å². The van der Waals surface area contributed by atoms with Crippen molar-refractivity contribution in [1.82, 2.24) is 20.1 Å². The van der Waals surface area contributed by atoms with E-state index in [-0.39, 0.29) is 11.4 Å². The van der Waals surface area contributed by atoms with Crippen LogP contribution in [0.25, 0.3) is 22.6 Å². The van der Waals surface area contributed by atoms with Gasteiger partial charge in [0.25, 0.3) is 5.89 Å². The van der Waals surface area contributed by atoms with E-state index in [1.807, 2.05) is 12.1 Å². The molecule has 0 atom stereocenters. The van der Waals surface area contributed by atoms with Crippen LogP contribution < -0.4 is 5.73 Å². The molecule has 2 aromatic heterocycles. The number of aryl methyl sites for hydroxylation is 1. The van der Waals surface area contributed by atoms with Gasteiger partial charge in [0.15, 0.2) is 5.82 Å². The fourth-order valence-corrected chi connectivity index (χ4v) is 3.87. The Balaban J connectivity index is 1.46. The molecule has 0 amide bonds. The Labute approximate surface area is 168 Å². The molecule has 6 nitrogen and oxygen atoms in total. The van der Waals surface area contributed by atoms with Gasteiger partial charge in [0, 0.05) is 23.5 Å². The van der Waals surface area contributed by atoms with E-state index in [9.17, 15) is 0 Å². The number of aromatic nitrogens is 4. The van der Waals surface area contributed by atoms with Crippen LogP contribution in [0.1, 0.15) is 36.2 Å². The third-order valence-electron chi connectivity index (χ3n) is 5.80. The Kier molecular flexibility index (Phi) is 4.12. The molecule has 6 heteroatoms. The summed E-state index contributed by atoms with van der Waals surface area (Å²) in [5.74, 6) is 1.62. The van der Waals surface area contributed by atoms with E-state index in [0.717, 1.165) is 41.8 Å². The molecular formula is C23H21N5O. The van der Waals surface area contributed by atoms with Crippen LogP contribution in [0.5, 0.6) is 0 Å². The second kappa shape index (κ2) is 6.81. The largest absolute Gasteiger partial charge is 0.368 e. The van der Waals surface area contributed by atoms with Crippen molar-refractivity contribution in [2.75, 3.05) is 5.73 Å². The van der Waals surface area contributed by atoms with E-state index in [4.69, 9.17) is 15.2 Å². The van der Waals surface area contributed by atoms with E-state index >= 15 is 0 Å². The van der Waals surface area contributed by atoms with Gasteiger partial charge in [0.1, 0.15) is 0 Å². The van der Waals surface area contributed by atoms with Crippen molar-refractivity contribution in [2.24, 2.45) is 0 Å². The summed E-state index contributed by atoms with van der Waals surface area (Å²) in [5.41, 5.74) is 10.8. The van der Waals surface area contributed by atoms with Crippen LogP contribution in [0.4, 0.5) is 5.95 Å². The Hall–Kier alpha value is -3.54. The van der Waals surface area contributed by atoms with E-state index in [2.05, 4.69) is 58.4 Å². The third kappa shape index (κ3) is 3.06. The highest BCUT2D eigenvalue weighted by molar-refractivity contribution is 5.63. The van der Waals surface area contributed by atoms with Crippen LogP contribution in [0, 0.1) is 6.92 Å². The highest BCUT2D eigenvalue weighted by Gasteiger charge is 2.44. The lowest BCUT2D eigenvalue weighted by molar-refractivity contribution is 0.273. The lowest BCUT2D eigenvalue weighted by atomic mass is 9.64. The Bertz CT molecular complexity index is 1130. The van der Waals surface area contributed by atoms with Gasteiger partial charge in [-0.15, -0.1) is 0 Å². The number of nitrogen functional groups attached to an aromatic ring is 1. The maximum absolute atomic E-state index is 5.61. The molecule has 0 radical (unpaired) electrons. The van der Waals surface area contributed by atoms with Crippen molar-refractivity contribution in [1.29, 1.82) is 0 Å². The molecule has 0 spiro atoms. The lowest BCUT2D eigenvalue weighted by Crippen LogP contribution is -2.36. The fourth-order valence-electron chi connectivity index (χ4n) is 3.87. The van der Waals surface area contributed by atoms with E-state index in [1.165, 1.54) is 11.1 Å². The highest BCUT2D eigenvalue weighted by Crippen LogP contribution is 2.48. The fraction of sp³-hybridized carbons (Fsp3) is 0.217. The Morgan fingerprint density at radius 1 is 0.862 bits per heavy atom. The molecule has 144 valence electrons. The van der Waals surface area contributed by atoms with Crippen LogP contribution in [-0.2, 0) is 5.41 Å². The molecule has 0 saturated heterocycles. The minimum Gasteiger partial charge on any atom is -0.368 e. The number of nitrogens with zero attached hydrogens (tertiary/aromatic N) is 4. The number of rotatable bonds is 4. The van der Waals surface area contributed by atoms with Crippen molar-refractivity contribution in [2.45, 2.75) is 31.6 Å². The van der Waals surface area contributed by atoms with Crippen molar-refractivity contribution in [3.05, 3.63) is 77.9 Å². The monoisotopic (exact) mass is 383 g/mol. The van der Waals surface area contributed by atoms with Gasteiger partial charge in [0.2, 0.25) is 5.95 Å². The number of nitrogens with two attached hydrogens (primary N) is 1. The topological polar surface area (TPSA) is 90.7 Å². The van der Waals surface area contributed by atoms with E-state index < -0.39 is 0 Å². The molecular weight excluding hydrogens is 362 g/mol. The average Bonchev–Trinajstić information content (AvgIpc) is 3.19. The number of benzene rings is 2. The van der Waals surface area contributed by atoms with Crippen LogP contribution >= 0.6 is 0 Å². The number of hydrogen-bond donors (Lipinski definition) is 1. The van der Waals surface area contributed by atoms with Gasteiger partial charge >= 0.3 is 0 Å². The van der Waals surface area contributed by atoms with Gasteiger partial charge in [-0.1, -0.05) is 53.5 Å². The molecule has 2 aromatic carbocycles.